The molecule has 0 aromatic rings. The van der Waals surface area contributed by atoms with Gasteiger partial charge in [0.1, 0.15) is 0 Å². The van der Waals surface area contributed by atoms with Gasteiger partial charge in [0.15, 0.2) is 6.04 Å². The molecular weight excluding hydrogens is 233 g/mol. The van der Waals surface area contributed by atoms with Crippen molar-refractivity contribution in [3.63, 3.8) is 0 Å². The molecule has 100 valence electrons. The summed E-state index contributed by atoms with van der Waals surface area (Å²) in [6.07, 6.45) is -3.13. The largest absolute Gasteiger partial charge is 0.412 e. The Bertz CT molecular complexity index is 270. The highest BCUT2D eigenvalue weighted by atomic mass is 19.4. The molecule has 1 fully saturated rings. The number of amides is 1. The number of nitrogens with two attached hydrogens (primary N) is 1. The minimum Gasteiger partial charge on any atom is -0.341 e. The zero-order valence-corrected chi connectivity index (χ0v) is 10.1. The van der Waals surface area contributed by atoms with E-state index in [-0.39, 0.29) is 0 Å². The van der Waals surface area contributed by atoms with Crippen molar-refractivity contribution in [2.24, 2.45) is 17.6 Å². The first-order valence-corrected chi connectivity index (χ1v) is 5.84. The van der Waals surface area contributed by atoms with Crippen molar-refractivity contribution < 1.29 is 18.0 Å². The van der Waals surface area contributed by atoms with Gasteiger partial charge in [-0.25, -0.2) is 0 Å². The maximum absolute atomic E-state index is 12.3. The van der Waals surface area contributed by atoms with Crippen molar-refractivity contribution in [1.82, 2.24) is 4.90 Å². The molecule has 17 heavy (non-hydrogen) atoms. The first-order valence-electron chi connectivity index (χ1n) is 5.84. The standard InChI is InChI=1S/C11H19F3N2O/c1-7(2)8-3-5-16(6-4-8)10(17)9(15)11(12,13)14/h7-9H,3-6,15H2,1-2H3/t9-/m0/s1. The van der Waals surface area contributed by atoms with Gasteiger partial charge in [0.2, 0.25) is 5.91 Å². The molecule has 0 spiro atoms. The lowest BCUT2D eigenvalue weighted by atomic mass is 9.86. The molecule has 1 amide bonds. The van der Waals surface area contributed by atoms with E-state index in [1.165, 1.54) is 4.90 Å². The van der Waals surface area contributed by atoms with E-state index in [0.29, 0.717) is 24.9 Å². The summed E-state index contributed by atoms with van der Waals surface area (Å²) in [5.41, 5.74) is 4.90. The summed E-state index contributed by atoms with van der Waals surface area (Å²) < 4.78 is 36.9. The number of likely N-dealkylation sites (tertiary alicyclic amines) is 1. The smallest absolute Gasteiger partial charge is 0.341 e. The van der Waals surface area contributed by atoms with E-state index in [1.54, 1.807) is 0 Å². The Morgan fingerprint density at radius 1 is 1.29 bits per heavy atom. The van der Waals surface area contributed by atoms with Gasteiger partial charge >= 0.3 is 6.18 Å². The Balaban J connectivity index is 2.52. The second kappa shape index (κ2) is 5.25. The fourth-order valence-corrected chi connectivity index (χ4v) is 2.12. The fourth-order valence-electron chi connectivity index (χ4n) is 2.12. The number of rotatable bonds is 2. The Hall–Kier alpha value is -0.780. The van der Waals surface area contributed by atoms with Crippen molar-refractivity contribution in [2.75, 3.05) is 13.1 Å². The molecule has 0 bridgehead atoms. The van der Waals surface area contributed by atoms with Gasteiger partial charge in [-0.05, 0) is 24.7 Å². The third kappa shape index (κ3) is 3.59. The van der Waals surface area contributed by atoms with Crippen LogP contribution in [0.4, 0.5) is 13.2 Å². The third-order valence-electron chi connectivity index (χ3n) is 3.41. The summed E-state index contributed by atoms with van der Waals surface area (Å²) in [6.45, 7) is 4.93. The topological polar surface area (TPSA) is 46.3 Å². The lowest BCUT2D eigenvalue weighted by molar-refractivity contribution is -0.170. The monoisotopic (exact) mass is 252 g/mol. The lowest BCUT2D eigenvalue weighted by Crippen LogP contribution is -2.53. The molecule has 0 aromatic carbocycles. The van der Waals surface area contributed by atoms with Gasteiger partial charge in [0.25, 0.3) is 0 Å². The molecule has 0 saturated carbocycles. The van der Waals surface area contributed by atoms with Gasteiger partial charge in [-0.15, -0.1) is 0 Å². The van der Waals surface area contributed by atoms with Crippen molar-refractivity contribution in [1.29, 1.82) is 0 Å². The summed E-state index contributed by atoms with van der Waals surface area (Å²) >= 11 is 0. The van der Waals surface area contributed by atoms with E-state index < -0.39 is 18.1 Å². The van der Waals surface area contributed by atoms with E-state index >= 15 is 0 Å². The van der Waals surface area contributed by atoms with Gasteiger partial charge in [0.05, 0.1) is 0 Å². The molecular formula is C11H19F3N2O. The van der Waals surface area contributed by atoms with E-state index in [2.05, 4.69) is 13.8 Å². The van der Waals surface area contributed by atoms with Crippen LogP contribution >= 0.6 is 0 Å². The average Bonchev–Trinajstić information content (AvgIpc) is 2.26. The SMILES string of the molecule is CC(C)C1CCN(C(=O)[C@H](N)C(F)(F)F)CC1. The van der Waals surface area contributed by atoms with E-state index in [1.807, 2.05) is 0 Å². The van der Waals surface area contributed by atoms with Crippen LogP contribution in [-0.4, -0.2) is 36.1 Å². The predicted octanol–water partition coefficient (Wildman–Crippen LogP) is 1.77. The van der Waals surface area contributed by atoms with Crippen LogP contribution in [0.3, 0.4) is 0 Å². The van der Waals surface area contributed by atoms with Crippen LogP contribution in [-0.2, 0) is 4.79 Å². The zero-order valence-electron chi connectivity index (χ0n) is 10.1. The second-order valence-electron chi connectivity index (χ2n) is 4.93. The van der Waals surface area contributed by atoms with Gasteiger partial charge in [-0.2, -0.15) is 13.2 Å². The van der Waals surface area contributed by atoms with Crippen LogP contribution in [0.5, 0.6) is 0 Å². The summed E-state index contributed by atoms with van der Waals surface area (Å²) in [7, 11) is 0. The van der Waals surface area contributed by atoms with Gasteiger partial charge in [-0.3, -0.25) is 4.79 Å². The van der Waals surface area contributed by atoms with Gasteiger partial charge in [0, 0.05) is 13.1 Å². The number of piperidine rings is 1. The number of hydrogen-bond donors (Lipinski definition) is 1. The number of halogens is 3. The average molecular weight is 252 g/mol. The van der Waals surface area contributed by atoms with E-state index in [0.717, 1.165) is 12.8 Å². The third-order valence-corrected chi connectivity index (χ3v) is 3.41. The van der Waals surface area contributed by atoms with Crippen LogP contribution in [0.2, 0.25) is 0 Å². The minimum absolute atomic E-state index is 0.380. The summed E-state index contributed by atoms with van der Waals surface area (Å²) in [5, 5.41) is 0. The molecule has 2 N–H and O–H groups in total. The van der Waals surface area contributed by atoms with Crippen LogP contribution < -0.4 is 5.73 Å². The van der Waals surface area contributed by atoms with Crippen LogP contribution in [0.25, 0.3) is 0 Å². The van der Waals surface area contributed by atoms with Crippen LogP contribution in [0.1, 0.15) is 26.7 Å². The molecule has 1 aliphatic heterocycles. The van der Waals surface area contributed by atoms with Crippen LogP contribution in [0, 0.1) is 11.8 Å². The molecule has 0 radical (unpaired) electrons. The maximum Gasteiger partial charge on any atom is 0.412 e. The number of alkyl halides is 3. The zero-order chi connectivity index (χ0) is 13.2. The quantitative estimate of drug-likeness (QED) is 0.814. The van der Waals surface area contributed by atoms with Gasteiger partial charge in [-0.1, -0.05) is 13.8 Å². The number of carbonyl (C=O) groups is 1. The fraction of sp³-hybridized carbons (Fsp3) is 0.909. The predicted molar refractivity (Wildman–Crippen MR) is 58.2 cm³/mol. The molecule has 1 atom stereocenters. The summed E-state index contributed by atoms with van der Waals surface area (Å²) in [4.78, 5) is 12.7. The minimum atomic E-state index is -4.65. The molecule has 0 unspecified atom stereocenters. The molecule has 1 saturated heterocycles. The highest BCUT2D eigenvalue weighted by Crippen LogP contribution is 2.26. The Kier molecular flexibility index (Phi) is 4.41. The number of hydrogen-bond acceptors (Lipinski definition) is 2. The Labute approximate surface area is 99.1 Å². The molecule has 0 aromatic heterocycles. The van der Waals surface area contributed by atoms with Crippen LogP contribution in [0.15, 0.2) is 0 Å². The molecule has 1 rings (SSSR count). The Morgan fingerprint density at radius 2 is 1.76 bits per heavy atom. The van der Waals surface area contributed by atoms with Crippen molar-refractivity contribution >= 4 is 5.91 Å². The van der Waals surface area contributed by atoms with Crippen molar-refractivity contribution in [3.8, 4) is 0 Å². The van der Waals surface area contributed by atoms with Crippen molar-refractivity contribution in [3.05, 3.63) is 0 Å². The van der Waals surface area contributed by atoms with E-state index in [9.17, 15) is 18.0 Å². The first kappa shape index (κ1) is 14.3. The Morgan fingerprint density at radius 3 is 2.12 bits per heavy atom. The second-order valence-corrected chi connectivity index (χ2v) is 4.93. The first-order chi connectivity index (χ1) is 7.73. The summed E-state index contributed by atoms with van der Waals surface area (Å²) in [6, 6.07) is -2.38. The normalized spacial score (nSPS) is 20.8. The molecule has 0 aliphatic carbocycles. The van der Waals surface area contributed by atoms with E-state index in [4.69, 9.17) is 5.73 Å². The number of carbonyl (C=O) groups excluding carboxylic acids is 1. The highest BCUT2D eigenvalue weighted by Gasteiger charge is 2.44. The molecule has 1 heterocycles. The van der Waals surface area contributed by atoms with Gasteiger partial charge < -0.3 is 10.6 Å². The molecule has 6 heteroatoms. The molecule has 3 nitrogen and oxygen atoms in total. The summed E-state index contributed by atoms with van der Waals surface area (Å²) in [5.74, 6) is -0.00981. The number of nitrogens with zero attached hydrogens (tertiary/aromatic N) is 1. The maximum atomic E-state index is 12.3. The lowest BCUT2D eigenvalue weighted by Gasteiger charge is -2.35. The van der Waals surface area contributed by atoms with Crippen molar-refractivity contribution in [2.45, 2.75) is 38.9 Å². The molecule has 1 aliphatic rings. The highest BCUT2D eigenvalue weighted by molar-refractivity contribution is 5.82.